The van der Waals surface area contributed by atoms with Crippen LogP contribution in [0.25, 0.3) is 11.1 Å². The lowest BCUT2D eigenvalue weighted by atomic mass is 9.99. The van der Waals surface area contributed by atoms with Crippen LogP contribution in [0.1, 0.15) is 39.2 Å². The zero-order valence-corrected chi connectivity index (χ0v) is 15.7. The highest BCUT2D eigenvalue weighted by Gasteiger charge is 2.11. The Morgan fingerprint density at radius 2 is 1.72 bits per heavy atom. The molecule has 0 aliphatic rings. The monoisotopic (exact) mass is 336 g/mol. The molecule has 0 aliphatic heterocycles. The van der Waals surface area contributed by atoms with Gasteiger partial charge in [-0.05, 0) is 63.3 Å². The molecule has 2 nitrogen and oxygen atoms in total. The first-order chi connectivity index (χ1) is 12.0. The van der Waals surface area contributed by atoms with Crippen LogP contribution in [0.2, 0.25) is 0 Å². The maximum Gasteiger partial charge on any atom is 0.126 e. The third-order valence-corrected chi connectivity index (χ3v) is 4.26. The summed E-state index contributed by atoms with van der Waals surface area (Å²) in [6.07, 6.45) is 7.20. The molecule has 0 saturated carbocycles. The summed E-state index contributed by atoms with van der Waals surface area (Å²) in [7, 11) is 1.65. The Bertz CT molecular complexity index is 751. The molecule has 0 heterocycles. The molecule has 1 N–H and O–H groups in total. The SMILES string of the molecule is COc1cc(-c2ccccc2)cc(O)c1C/C=C(\C)CCC=C(C)C. The number of benzene rings is 2. The van der Waals surface area contributed by atoms with E-state index in [2.05, 4.69) is 32.9 Å². The van der Waals surface area contributed by atoms with Gasteiger partial charge in [-0.2, -0.15) is 0 Å². The molecule has 0 aromatic heterocycles. The third-order valence-electron chi connectivity index (χ3n) is 4.26. The van der Waals surface area contributed by atoms with Crippen LogP contribution in [0.4, 0.5) is 0 Å². The van der Waals surface area contributed by atoms with Crippen LogP contribution < -0.4 is 4.74 Å². The standard InChI is InChI=1S/C23H28O2/c1-17(2)9-8-10-18(3)13-14-21-22(24)15-20(16-23(21)25-4)19-11-6-5-7-12-19/h5-7,9,11-13,15-16,24H,8,10,14H2,1-4H3/b18-13+. The fourth-order valence-electron chi connectivity index (χ4n) is 2.78. The van der Waals surface area contributed by atoms with Crippen molar-refractivity contribution in [3.8, 4) is 22.6 Å². The Kier molecular flexibility index (Phi) is 6.88. The van der Waals surface area contributed by atoms with Gasteiger partial charge in [0.1, 0.15) is 11.5 Å². The molecule has 25 heavy (non-hydrogen) atoms. The van der Waals surface area contributed by atoms with Crippen molar-refractivity contribution in [1.29, 1.82) is 0 Å². The van der Waals surface area contributed by atoms with E-state index in [0.717, 1.165) is 35.3 Å². The quantitative estimate of drug-likeness (QED) is 0.601. The van der Waals surface area contributed by atoms with Crippen molar-refractivity contribution < 1.29 is 9.84 Å². The fourth-order valence-corrected chi connectivity index (χ4v) is 2.78. The molecule has 2 rings (SSSR count). The van der Waals surface area contributed by atoms with E-state index in [0.29, 0.717) is 6.42 Å². The number of phenolic OH excluding ortho intramolecular Hbond substituents is 1. The van der Waals surface area contributed by atoms with Crippen molar-refractivity contribution in [2.24, 2.45) is 0 Å². The Hall–Kier alpha value is -2.48. The van der Waals surface area contributed by atoms with Crippen molar-refractivity contribution in [2.45, 2.75) is 40.0 Å². The highest BCUT2D eigenvalue weighted by molar-refractivity contribution is 5.69. The van der Waals surface area contributed by atoms with Crippen LogP contribution in [-0.4, -0.2) is 12.2 Å². The summed E-state index contributed by atoms with van der Waals surface area (Å²) in [5.41, 5.74) is 5.54. The molecule has 0 aliphatic carbocycles. The van der Waals surface area contributed by atoms with Gasteiger partial charge >= 0.3 is 0 Å². The molecule has 0 spiro atoms. The fraction of sp³-hybridized carbons (Fsp3) is 0.304. The summed E-state index contributed by atoms with van der Waals surface area (Å²) in [4.78, 5) is 0. The maximum atomic E-state index is 10.5. The smallest absolute Gasteiger partial charge is 0.126 e. The van der Waals surface area contributed by atoms with Gasteiger partial charge in [0.15, 0.2) is 0 Å². The van der Waals surface area contributed by atoms with E-state index < -0.39 is 0 Å². The summed E-state index contributed by atoms with van der Waals surface area (Å²) in [6, 6.07) is 13.8. The second kappa shape index (κ2) is 9.12. The van der Waals surface area contributed by atoms with Crippen LogP contribution in [0.15, 0.2) is 65.8 Å². The first-order valence-corrected chi connectivity index (χ1v) is 8.75. The van der Waals surface area contributed by atoms with Gasteiger partial charge in [0.2, 0.25) is 0 Å². The second-order valence-electron chi connectivity index (χ2n) is 6.62. The molecule has 0 saturated heterocycles. The van der Waals surface area contributed by atoms with Gasteiger partial charge < -0.3 is 9.84 Å². The maximum absolute atomic E-state index is 10.5. The lowest BCUT2D eigenvalue weighted by Crippen LogP contribution is -1.94. The lowest BCUT2D eigenvalue weighted by Gasteiger charge is -2.12. The van der Waals surface area contributed by atoms with Crippen molar-refractivity contribution >= 4 is 0 Å². The van der Waals surface area contributed by atoms with Gasteiger partial charge in [0.05, 0.1) is 7.11 Å². The van der Waals surface area contributed by atoms with Crippen molar-refractivity contribution in [3.05, 3.63) is 71.3 Å². The van der Waals surface area contributed by atoms with Crippen molar-refractivity contribution in [2.75, 3.05) is 7.11 Å². The largest absolute Gasteiger partial charge is 0.507 e. The summed E-state index contributed by atoms with van der Waals surface area (Å²) in [5.74, 6) is 1.01. The predicted octanol–water partition coefficient (Wildman–Crippen LogP) is 6.30. The number of hydrogen-bond acceptors (Lipinski definition) is 2. The molecule has 0 bridgehead atoms. The van der Waals surface area contributed by atoms with Crippen LogP contribution in [0, 0.1) is 0 Å². The highest BCUT2D eigenvalue weighted by Crippen LogP contribution is 2.35. The molecule has 0 amide bonds. The minimum atomic E-state index is 0.284. The van der Waals surface area contributed by atoms with Gasteiger partial charge in [-0.25, -0.2) is 0 Å². The van der Waals surface area contributed by atoms with E-state index >= 15 is 0 Å². The molecule has 2 heteroatoms. The topological polar surface area (TPSA) is 29.5 Å². The zero-order valence-electron chi connectivity index (χ0n) is 15.7. The zero-order chi connectivity index (χ0) is 18.2. The van der Waals surface area contributed by atoms with Crippen molar-refractivity contribution in [3.63, 3.8) is 0 Å². The van der Waals surface area contributed by atoms with E-state index in [-0.39, 0.29) is 5.75 Å². The Labute approximate surface area is 151 Å². The van der Waals surface area contributed by atoms with E-state index in [1.165, 1.54) is 11.1 Å². The summed E-state index contributed by atoms with van der Waals surface area (Å²) in [6.45, 7) is 6.38. The predicted molar refractivity (Wildman–Crippen MR) is 106 cm³/mol. The Morgan fingerprint density at radius 1 is 1.00 bits per heavy atom. The second-order valence-corrected chi connectivity index (χ2v) is 6.62. The molecule has 0 unspecified atom stereocenters. The summed E-state index contributed by atoms with van der Waals surface area (Å²) < 4.78 is 5.53. The highest BCUT2D eigenvalue weighted by atomic mass is 16.5. The number of hydrogen-bond donors (Lipinski definition) is 1. The van der Waals surface area contributed by atoms with E-state index in [1.807, 2.05) is 42.5 Å². The van der Waals surface area contributed by atoms with E-state index in [4.69, 9.17) is 4.74 Å². The minimum absolute atomic E-state index is 0.284. The molecule has 2 aromatic rings. The Balaban J connectivity index is 2.19. The molecule has 0 radical (unpaired) electrons. The molecule has 0 atom stereocenters. The average Bonchev–Trinajstić information content (AvgIpc) is 2.60. The van der Waals surface area contributed by atoms with Crippen LogP contribution in [0.5, 0.6) is 11.5 Å². The molecular weight excluding hydrogens is 308 g/mol. The van der Waals surface area contributed by atoms with E-state index in [9.17, 15) is 5.11 Å². The number of phenols is 1. The average molecular weight is 336 g/mol. The van der Waals surface area contributed by atoms with Gasteiger partial charge in [0, 0.05) is 5.56 Å². The van der Waals surface area contributed by atoms with Gasteiger partial charge in [-0.15, -0.1) is 0 Å². The molecule has 2 aromatic carbocycles. The third kappa shape index (κ3) is 5.53. The first kappa shape index (κ1) is 18.9. The minimum Gasteiger partial charge on any atom is -0.507 e. The molecular formula is C23H28O2. The number of ether oxygens (including phenoxy) is 1. The van der Waals surface area contributed by atoms with Gasteiger partial charge in [0.25, 0.3) is 0 Å². The number of rotatable bonds is 7. The normalized spacial score (nSPS) is 11.3. The summed E-state index contributed by atoms with van der Waals surface area (Å²) >= 11 is 0. The first-order valence-electron chi connectivity index (χ1n) is 8.75. The number of methoxy groups -OCH3 is 1. The molecule has 0 fully saturated rings. The number of allylic oxidation sites excluding steroid dienone is 4. The van der Waals surface area contributed by atoms with Gasteiger partial charge in [-0.1, -0.05) is 53.6 Å². The molecule has 132 valence electrons. The van der Waals surface area contributed by atoms with E-state index in [1.54, 1.807) is 7.11 Å². The van der Waals surface area contributed by atoms with Crippen molar-refractivity contribution in [1.82, 2.24) is 0 Å². The number of aromatic hydroxyl groups is 1. The van der Waals surface area contributed by atoms with Crippen LogP contribution in [-0.2, 0) is 6.42 Å². The summed E-state index contributed by atoms with van der Waals surface area (Å²) in [5, 5.41) is 10.5. The van der Waals surface area contributed by atoms with Crippen LogP contribution in [0.3, 0.4) is 0 Å². The van der Waals surface area contributed by atoms with Gasteiger partial charge in [-0.3, -0.25) is 0 Å². The lowest BCUT2D eigenvalue weighted by molar-refractivity contribution is 0.401. The van der Waals surface area contributed by atoms with Crippen LogP contribution >= 0.6 is 0 Å². The Morgan fingerprint density at radius 3 is 2.36 bits per heavy atom.